The highest BCUT2D eigenvalue weighted by molar-refractivity contribution is 6.57. The maximum absolute atomic E-state index is 14.8. The van der Waals surface area contributed by atoms with Crippen LogP contribution in [0.25, 0.3) is 0 Å². The molecule has 1 aliphatic heterocycles. The quantitative estimate of drug-likeness (QED) is 0.620. The van der Waals surface area contributed by atoms with E-state index in [1.807, 2.05) is 20.8 Å². The van der Waals surface area contributed by atoms with Gasteiger partial charge in [-0.2, -0.15) is 0 Å². The van der Waals surface area contributed by atoms with Crippen molar-refractivity contribution in [2.75, 3.05) is 12.4 Å². The minimum atomic E-state index is -1.30. The van der Waals surface area contributed by atoms with E-state index in [0.717, 1.165) is 0 Å². The van der Waals surface area contributed by atoms with Crippen LogP contribution in [0.4, 0.5) is 10.1 Å². The van der Waals surface area contributed by atoms with Crippen molar-refractivity contribution in [2.45, 2.75) is 37.4 Å². The number of rotatable bonds is 3. The van der Waals surface area contributed by atoms with Crippen LogP contribution in [0.2, 0.25) is 16.1 Å². The minimum absolute atomic E-state index is 0.209. The van der Waals surface area contributed by atoms with Crippen LogP contribution in [0.3, 0.4) is 0 Å². The second kappa shape index (κ2) is 7.76. The molecule has 0 saturated carbocycles. The van der Waals surface area contributed by atoms with Crippen molar-refractivity contribution in [3.8, 4) is 0 Å². The van der Waals surface area contributed by atoms with Gasteiger partial charge in [0.05, 0.1) is 10.6 Å². The van der Waals surface area contributed by atoms with Crippen LogP contribution in [0.1, 0.15) is 36.8 Å². The van der Waals surface area contributed by atoms with Gasteiger partial charge in [0.15, 0.2) is 0 Å². The number of carbonyl (C=O) groups excluding carboxylic acids is 1. The van der Waals surface area contributed by atoms with Gasteiger partial charge < -0.3 is 15.3 Å². The predicted octanol–water partition coefficient (Wildman–Crippen LogP) is 4.59. The fraction of sp³-hybridized carbons (Fsp3) is 0.350. The first-order valence-corrected chi connectivity index (χ1v) is 11.2. The molecule has 1 aromatic carbocycles. The molecule has 0 spiro atoms. The summed E-state index contributed by atoms with van der Waals surface area (Å²) in [6.07, 6.45) is 1.39. The molecule has 0 bridgehead atoms. The maximum Gasteiger partial charge on any atom is 0.274 e. The van der Waals surface area contributed by atoms with E-state index in [0.29, 0.717) is 28.2 Å². The number of amides is 1. The summed E-state index contributed by atoms with van der Waals surface area (Å²) in [5, 5.41) is 14.5. The normalized spacial score (nSPS) is 22.3. The molecule has 1 saturated heterocycles. The van der Waals surface area contributed by atoms with Crippen LogP contribution in [0.5, 0.6) is 0 Å². The molecule has 152 valence electrons. The van der Waals surface area contributed by atoms with Gasteiger partial charge in [-0.15, -0.1) is 0 Å². The Morgan fingerprint density at radius 3 is 2.69 bits per heavy atom. The van der Waals surface area contributed by atoms with Crippen molar-refractivity contribution in [1.29, 1.82) is 5.41 Å². The van der Waals surface area contributed by atoms with Gasteiger partial charge in [-0.3, -0.25) is 10.2 Å². The van der Waals surface area contributed by atoms with Crippen LogP contribution in [0.15, 0.2) is 41.2 Å². The second-order valence-electron chi connectivity index (χ2n) is 7.81. The van der Waals surface area contributed by atoms with E-state index >= 15 is 0 Å². The minimum Gasteiger partial charge on any atom is -0.364 e. The average molecular weight is 432 g/mol. The molecule has 2 aromatic rings. The Hall–Kier alpha value is -2.45. The molecule has 1 aliphatic rings. The first-order chi connectivity index (χ1) is 13.6. The number of hydrogen-bond donors (Lipinski definition) is 3. The Balaban J connectivity index is 1.92. The standard InChI is InChI=1S/C20H23ClFN5OSi/c1-19(2)18(23)27-20(3,11-29(19)24-4)14-9-13(6-7-15(14)22)26-17(28)16-8-5-12(21)10-25-16/h5-10H,11H2,1-4H3,(H2,23,27)(H,26,28)/b29-24-/t20-/m0/s1. The van der Waals surface area contributed by atoms with Crippen LogP contribution < -0.4 is 10.6 Å². The lowest BCUT2D eigenvalue weighted by molar-refractivity contribution is 0.102. The molecular weight excluding hydrogens is 409 g/mol. The van der Waals surface area contributed by atoms with Crippen LogP contribution in [-0.4, -0.2) is 32.4 Å². The summed E-state index contributed by atoms with van der Waals surface area (Å²) in [4.78, 5) is 16.4. The Labute approximate surface area is 175 Å². The number of amidine groups is 1. The first kappa shape index (κ1) is 21.3. The number of carbonyl (C=O) groups is 1. The smallest absolute Gasteiger partial charge is 0.274 e. The van der Waals surface area contributed by atoms with Crippen LogP contribution >= 0.6 is 11.6 Å². The molecule has 3 N–H and O–H groups in total. The number of anilines is 1. The fourth-order valence-electron chi connectivity index (χ4n) is 3.43. The van der Waals surface area contributed by atoms with Gasteiger partial charge in [0.2, 0.25) is 0 Å². The summed E-state index contributed by atoms with van der Waals surface area (Å²) in [5.41, 5.74) is 0.264. The van der Waals surface area contributed by atoms with Gasteiger partial charge in [-0.25, -0.2) is 9.37 Å². The van der Waals surface area contributed by atoms with Gasteiger partial charge in [-0.1, -0.05) is 25.4 Å². The van der Waals surface area contributed by atoms with Gasteiger partial charge in [0, 0.05) is 35.6 Å². The summed E-state index contributed by atoms with van der Waals surface area (Å²) >= 11 is 5.81. The van der Waals surface area contributed by atoms with Crippen molar-refractivity contribution in [2.24, 2.45) is 4.63 Å². The van der Waals surface area contributed by atoms with E-state index in [-0.39, 0.29) is 10.7 Å². The predicted molar refractivity (Wildman–Crippen MR) is 115 cm³/mol. The summed E-state index contributed by atoms with van der Waals surface area (Å²) in [7, 11) is 0.463. The second-order valence-corrected chi connectivity index (χ2v) is 11.2. The summed E-state index contributed by atoms with van der Waals surface area (Å²) in [6.45, 7) is 5.86. The molecule has 9 heteroatoms. The van der Waals surface area contributed by atoms with E-state index in [1.54, 1.807) is 19.2 Å². The number of pyridine rings is 1. The number of nitrogens with zero attached hydrogens (tertiary/aromatic N) is 2. The number of nitrogens with one attached hydrogen (secondary N) is 3. The third-order valence-electron chi connectivity index (χ3n) is 5.32. The third kappa shape index (κ3) is 4.13. The summed E-state index contributed by atoms with van der Waals surface area (Å²) in [5.74, 6) is -0.458. The molecule has 3 rings (SSSR count). The van der Waals surface area contributed by atoms with Gasteiger partial charge >= 0.3 is 0 Å². The van der Waals surface area contributed by atoms with Crippen molar-refractivity contribution < 1.29 is 9.18 Å². The molecule has 0 aliphatic carbocycles. The van der Waals surface area contributed by atoms with E-state index in [9.17, 15) is 9.18 Å². The van der Waals surface area contributed by atoms with Crippen LogP contribution in [-0.2, 0) is 5.54 Å². The molecular formula is C20H23ClFN5OSi. The average Bonchev–Trinajstić information content (AvgIpc) is 2.67. The number of halogens is 2. The van der Waals surface area contributed by atoms with Gasteiger partial charge in [0.1, 0.15) is 25.9 Å². The monoisotopic (exact) mass is 431 g/mol. The molecule has 6 nitrogen and oxygen atoms in total. The Morgan fingerprint density at radius 2 is 2.07 bits per heavy atom. The molecule has 29 heavy (non-hydrogen) atoms. The summed E-state index contributed by atoms with van der Waals surface area (Å²) < 4.78 is 19.3. The lowest BCUT2D eigenvalue weighted by Crippen LogP contribution is -2.56. The lowest BCUT2D eigenvalue weighted by Gasteiger charge is -2.44. The topological polar surface area (TPSA) is 90.2 Å². The third-order valence-corrected chi connectivity index (χ3v) is 8.82. The number of benzene rings is 1. The number of aromatic nitrogens is 1. The Kier molecular flexibility index (Phi) is 5.69. The van der Waals surface area contributed by atoms with Crippen molar-refractivity contribution in [3.05, 3.63) is 58.6 Å². The van der Waals surface area contributed by atoms with Gasteiger partial charge in [0.25, 0.3) is 5.91 Å². The van der Waals surface area contributed by atoms with E-state index in [2.05, 4.69) is 20.3 Å². The highest BCUT2D eigenvalue weighted by Crippen LogP contribution is 2.41. The molecule has 2 heterocycles. The molecule has 1 aromatic heterocycles. The zero-order valence-electron chi connectivity index (χ0n) is 16.7. The van der Waals surface area contributed by atoms with Crippen molar-refractivity contribution in [1.82, 2.24) is 10.3 Å². The van der Waals surface area contributed by atoms with Crippen molar-refractivity contribution in [3.63, 3.8) is 0 Å². The highest BCUT2D eigenvalue weighted by Gasteiger charge is 2.45. The van der Waals surface area contributed by atoms with Crippen molar-refractivity contribution >= 4 is 37.6 Å². The van der Waals surface area contributed by atoms with E-state index < -0.39 is 25.9 Å². The molecule has 1 fully saturated rings. The van der Waals surface area contributed by atoms with E-state index in [1.165, 1.54) is 24.4 Å². The zero-order chi connectivity index (χ0) is 21.4. The summed E-state index contributed by atoms with van der Waals surface area (Å²) in [6, 6.07) is 8.16. The first-order valence-electron chi connectivity index (χ1n) is 9.13. The maximum atomic E-state index is 14.8. The highest BCUT2D eigenvalue weighted by atomic mass is 35.5. The SMILES string of the molecule is C/N=[Si]1/C[C@@](C)(c2cc(NC(=O)c3ccc(Cl)cn3)ccc2F)NC(=N)C1(C)C. The molecule has 0 unspecified atom stereocenters. The van der Waals surface area contributed by atoms with E-state index in [4.69, 9.17) is 17.0 Å². The molecule has 1 amide bonds. The Bertz CT molecular complexity index is 1010. The Morgan fingerprint density at radius 1 is 1.34 bits per heavy atom. The fourth-order valence-corrected chi connectivity index (χ4v) is 6.00. The molecule has 1 atom stereocenters. The largest absolute Gasteiger partial charge is 0.364 e. The number of hydrogen-bond acceptors (Lipinski definition) is 4. The van der Waals surface area contributed by atoms with Gasteiger partial charge in [-0.05, 0) is 37.3 Å². The van der Waals surface area contributed by atoms with Crippen LogP contribution in [0, 0.1) is 11.2 Å². The lowest BCUT2D eigenvalue weighted by atomic mass is 9.91. The molecule has 0 radical (unpaired) electrons. The zero-order valence-corrected chi connectivity index (χ0v) is 18.5.